The molecular formula is C23H24FN5O3. The van der Waals surface area contributed by atoms with E-state index in [0.717, 1.165) is 29.2 Å². The van der Waals surface area contributed by atoms with E-state index in [9.17, 15) is 14.0 Å². The summed E-state index contributed by atoms with van der Waals surface area (Å²) in [5.74, 6) is 0.551. The van der Waals surface area contributed by atoms with Gasteiger partial charge in [-0.3, -0.25) is 9.59 Å². The Labute approximate surface area is 184 Å². The Bertz CT molecular complexity index is 1160. The average molecular weight is 437 g/mol. The van der Waals surface area contributed by atoms with Gasteiger partial charge in [0.2, 0.25) is 5.91 Å². The molecule has 2 aromatic carbocycles. The molecule has 1 amide bonds. The maximum Gasteiger partial charge on any atom is 0.267 e. The molecule has 0 bridgehead atoms. The van der Waals surface area contributed by atoms with Crippen LogP contribution in [0.15, 0.2) is 65.5 Å². The van der Waals surface area contributed by atoms with Crippen molar-refractivity contribution in [2.45, 2.75) is 6.54 Å². The van der Waals surface area contributed by atoms with E-state index in [-0.39, 0.29) is 12.1 Å². The molecule has 2 heterocycles. The second-order valence-electron chi connectivity index (χ2n) is 7.39. The number of rotatable bonds is 6. The average Bonchev–Trinajstić information content (AvgIpc) is 2.80. The van der Waals surface area contributed by atoms with E-state index in [0.29, 0.717) is 24.6 Å². The highest BCUT2D eigenvalue weighted by atomic mass is 19.1. The van der Waals surface area contributed by atoms with Gasteiger partial charge in [0.1, 0.15) is 23.9 Å². The van der Waals surface area contributed by atoms with Crippen molar-refractivity contribution in [1.82, 2.24) is 9.78 Å². The van der Waals surface area contributed by atoms with E-state index in [1.165, 1.54) is 24.3 Å². The maximum absolute atomic E-state index is 13.3. The zero-order valence-electron chi connectivity index (χ0n) is 17.7. The highest BCUT2D eigenvalue weighted by Crippen LogP contribution is 2.28. The zero-order chi connectivity index (χ0) is 22.5. The molecular weight excluding hydrogens is 413 g/mol. The summed E-state index contributed by atoms with van der Waals surface area (Å²) < 4.78 is 19.9. The molecule has 0 unspecified atom stereocenters. The fourth-order valence-electron chi connectivity index (χ4n) is 3.69. The number of carbonyl (C=O) groups excluding carboxylic acids is 1. The van der Waals surface area contributed by atoms with Crippen molar-refractivity contribution in [3.63, 3.8) is 0 Å². The van der Waals surface area contributed by atoms with Gasteiger partial charge in [-0.15, -0.1) is 0 Å². The molecule has 1 saturated heterocycles. The number of benzene rings is 2. The lowest BCUT2D eigenvalue weighted by molar-refractivity contribution is -0.117. The van der Waals surface area contributed by atoms with Crippen LogP contribution >= 0.6 is 0 Å². The molecule has 32 heavy (non-hydrogen) atoms. The van der Waals surface area contributed by atoms with Crippen LogP contribution in [0, 0.1) is 5.82 Å². The Morgan fingerprint density at radius 1 is 1.03 bits per heavy atom. The standard InChI is InChI=1S/C23H24FN5O3/c1-32-20-8-3-2-7-19(20)27-11-13-28(14-12-27)21-9-10-23(31)29(26-21)16-22(30)25-18-6-4-5-17(24)15-18/h2-10,15H,11-14,16H2,1H3,(H,25,30). The van der Waals surface area contributed by atoms with Crippen molar-refractivity contribution in [2.75, 3.05) is 48.4 Å². The number of methoxy groups -OCH3 is 1. The number of para-hydroxylation sites is 2. The first kappa shape index (κ1) is 21.4. The number of hydrogen-bond acceptors (Lipinski definition) is 6. The second-order valence-corrected chi connectivity index (χ2v) is 7.39. The van der Waals surface area contributed by atoms with Crippen LogP contribution in [0.3, 0.4) is 0 Å². The van der Waals surface area contributed by atoms with Crippen LogP contribution in [0.4, 0.5) is 21.6 Å². The number of halogens is 1. The van der Waals surface area contributed by atoms with Gasteiger partial charge in [-0.25, -0.2) is 9.07 Å². The summed E-state index contributed by atoms with van der Waals surface area (Å²) in [6.45, 7) is 2.68. The van der Waals surface area contributed by atoms with Crippen LogP contribution in [-0.2, 0) is 11.3 Å². The number of anilines is 3. The fourth-order valence-corrected chi connectivity index (χ4v) is 3.69. The summed E-state index contributed by atoms with van der Waals surface area (Å²) in [7, 11) is 1.66. The monoisotopic (exact) mass is 437 g/mol. The number of ether oxygens (including phenoxy) is 1. The third-order valence-electron chi connectivity index (χ3n) is 5.28. The zero-order valence-corrected chi connectivity index (χ0v) is 17.7. The number of carbonyl (C=O) groups is 1. The van der Waals surface area contributed by atoms with Crippen LogP contribution in [0.25, 0.3) is 0 Å². The minimum Gasteiger partial charge on any atom is -0.495 e. The first-order valence-electron chi connectivity index (χ1n) is 10.3. The van der Waals surface area contributed by atoms with Crippen molar-refractivity contribution in [1.29, 1.82) is 0 Å². The van der Waals surface area contributed by atoms with E-state index < -0.39 is 11.7 Å². The minimum absolute atomic E-state index is 0.260. The predicted molar refractivity (Wildman–Crippen MR) is 121 cm³/mol. The molecule has 0 atom stereocenters. The molecule has 8 nitrogen and oxygen atoms in total. The molecule has 0 aliphatic carbocycles. The summed E-state index contributed by atoms with van der Waals surface area (Å²) in [4.78, 5) is 28.9. The van der Waals surface area contributed by atoms with Gasteiger partial charge in [0.25, 0.3) is 5.56 Å². The Balaban J connectivity index is 1.42. The highest BCUT2D eigenvalue weighted by molar-refractivity contribution is 5.90. The molecule has 1 aliphatic heterocycles. The molecule has 166 valence electrons. The molecule has 0 spiro atoms. The second kappa shape index (κ2) is 9.51. The van der Waals surface area contributed by atoms with E-state index in [2.05, 4.69) is 20.2 Å². The lowest BCUT2D eigenvalue weighted by atomic mass is 10.2. The van der Waals surface area contributed by atoms with Gasteiger partial charge in [0.05, 0.1) is 12.8 Å². The van der Waals surface area contributed by atoms with Gasteiger partial charge < -0.3 is 19.9 Å². The van der Waals surface area contributed by atoms with Gasteiger partial charge in [-0.2, -0.15) is 5.10 Å². The first-order chi connectivity index (χ1) is 15.5. The molecule has 1 fully saturated rings. The van der Waals surface area contributed by atoms with Crippen LogP contribution < -0.4 is 25.4 Å². The van der Waals surface area contributed by atoms with Crippen molar-refractivity contribution >= 4 is 23.1 Å². The summed E-state index contributed by atoms with van der Waals surface area (Å²) >= 11 is 0. The van der Waals surface area contributed by atoms with E-state index in [1.807, 2.05) is 24.3 Å². The Kier molecular flexibility index (Phi) is 6.34. The number of aromatic nitrogens is 2. The molecule has 0 radical (unpaired) electrons. The quantitative estimate of drug-likeness (QED) is 0.638. The molecule has 1 aromatic heterocycles. The number of hydrogen-bond donors (Lipinski definition) is 1. The maximum atomic E-state index is 13.3. The summed E-state index contributed by atoms with van der Waals surface area (Å²) in [5.41, 5.74) is 0.990. The Hall–Kier alpha value is -3.88. The summed E-state index contributed by atoms with van der Waals surface area (Å²) in [5, 5.41) is 6.96. The van der Waals surface area contributed by atoms with Gasteiger partial charge in [-0.1, -0.05) is 18.2 Å². The smallest absolute Gasteiger partial charge is 0.267 e. The molecule has 4 rings (SSSR count). The minimum atomic E-state index is -0.455. The van der Waals surface area contributed by atoms with Gasteiger partial charge >= 0.3 is 0 Å². The normalized spacial score (nSPS) is 13.7. The lowest BCUT2D eigenvalue weighted by Gasteiger charge is -2.37. The van der Waals surface area contributed by atoms with E-state index in [1.54, 1.807) is 19.2 Å². The van der Waals surface area contributed by atoms with E-state index in [4.69, 9.17) is 4.74 Å². The third kappa shape index (κ3) is 4.88. The fraction of sp³-hybridized carbons (Fsp3) is 0.261. The van der Waals surface area contributed by atoms with Crippen LogP contribution in [0.2, 0.25) is 0 Å². The molecule has 0 saturated carbocycles. The molecule has 3 aromatic rings. The highest BCUT2D eigenvalue weighted by Gasteiger charge is 2.21. The third-order valence-corrected chi connectivity index (χ3v) is 5.28. The van der Waals surface area contributed by atoms with Gasteiger partial charge in [-0.05, 0) is 36.4 Å². The number of nitrogens with zero attached hydrogens (tertiary/aromatic N) is 4. The molecule has 1 N–H and O–H groups in total. The largest absolute Gasteiger partial charge is 0.495 e. The molecule has 1 aliphatic rings. The number of nitrogens with one attached hydrogen (secondary N) is 1. The van der Waals surface area contributed by atoms with E-state index >= 15 is 0 Å². The Morgan fingerprint density at radius 2 is 1.78 bits per heavy atom. The topological polar surface area (TPSA) is 79.7 Å². The predicted octanol–water partition coefficient (Wildman–Crippen LogP) is 2.36. The van der Waals surface area contributed by atoms with Gasteiger partial charge in [0, 0.05) is 37.9 Å². The van der Waals surface area contributed by atoms with Crippen molar-refractivity contribution in [3.8, 4) is 5.75 Å². The van der Waals surface area contributed by atoms with Crippen LogP contribution in [0.1, 0.15) is 0 Å². The van der Waals surface area contributed by atoms with Crippen molar-refractivity contribution < 1.29 is 13.9 Å². The molecule has 9 heteroatoms. The number of piperazine rings is 1. The number of amides is 1. The lowest BCUT2D eigenvalue weighted by Crippen LogP contribution is -2.47. The van der Waals surface area contributed by atoms with Crippen LogP contribution in [0.5, 0.6) is 5.75 Å². The summed E-state index contributed by atoms with van der Waals surface area (Å²) in [6.07, 6.45) is 0. The SMILES string of the molecule is COc1ccccc1N1CCN(c2ccc(=O)n(CC(=O)Nc3cccc(F)c3)n2)CC1. The van der Waals surface area contributed by atoms with Crippen LogP contribution in [-0.4, -0.2) is 49.0 Å². The summed E-state index contributed by atoms with van der Waals surface area (Å²) in [6, 6.07) is 16.6. The van der Waals surface area contributed by atoms with Crippen molar-refractivity contribution in [2.24, 2.45) is 0 Å². The van der Waals surface area contributed by atoms with Crippen molar-refractivity contribution in [3.05, 3.63) is 76.8 Å². The first-order valence-corrected chi connectivity index (χ1v) is 10.3. The van der Waals surface area contributed by atoms with Gasteiger partial charge in [0.15, 0.2) is 0 Å². The Morgan fingerprint density at radius 3 is 2.53 bits per heavy atom.